The Morgan fingerprint density at radius 1 is 1.16 bits per heavy atom. The van der Waals surface area contributed by atoms with Crippen LogP contribution in [0.2, 0.25) is 10.0 Å². The summed E-state index contributed by atoms with van der Waals surface area (Å²) < 4.78 is 31.3. The van der Waals surface area contributed by atoms with Crippen molar-refractivity contribution < 1.29 is 27.9 Å². The van der Waals surface area contributed by atoms with Crippen LogP contribution >= 0.6 is 23.2 Å². The fourth-order valence-electron chi connectivity index (χ4n) is 4.79. The second kappa shape index (κ2) is 10.9. The molecule has 0 radical (unpaired) electrons. The fourth-order valence-corrected chi connectivity index (χ4v) is 6.55. The highest BCUT2D eigenvalue weighted by Crippen LogP contribution is 2.48. The highest BCUT2D eigenvalue weighted by molar-refractivity contribution is 7.93. The quantitative estimate of drug-likeness (QED) is 0.445. The molecule has 0 unspecified atom stereocenters. The van der Waals surface area contributed by atoms with Crippen LogP contribution in [0.3, 0.4) is 0 Å². The monoisotopic (exact) mass is 578 g/mol. The molecule has 8 nitrogen and oxygen atoms in total. The maximum atomic E-state index is 14.0. The number of aliphatic carboxylic acids is 1. The molecule has 2 aromatic carbocycles. The van der Waals surface area contributed by atoms with Gasteiger partial charge in [-0.3, -0.25) is 9.59 Å². The van der Waals surface area contributed by atoms with E-state index >= 15 is 0 Å². The van der Waals surface area contributed by atoms with Gasteiger partial charge < -0.3 is 14.7 Å². The molecular formula is C27H28Cl2N2O6S. The van der Waals surface area contributed by atoms with Crippen molar-refractivity contribution >= 4 is 44.9 Å². The van der Waals surface area contributed by atoms with E-state index in [0.717, 1.165) is 0 Å². The maximum Gasteiger partial charge on any atom is 0.306 e. The number of nitrogens with zero attached hydrogens (tertiary/aromatic N) is 2. The molecule has 11 heteroatoms. The Kier molecular flexibility index (Phi) is 8.10. The zero-order chi connectivity index (χ0) is 27.8. The highest BCUT2D eigenvalue weighted by Gasteiger charge is 2.52. The molecule has 38 heavy (non-hydrogen) atoms. The van der Waals surface area contributed by atoms with Crippen LogP contribution in [0.15, 0.2) is 48.5 Å². The van der Waals surface area contributed by atoms with Crippen LogP contribution in [0, 0.1) is 17.2 Å². The van der Waals surface area contributed by atoms with E-state index in [1.54, 1.807) is 48.5 Å². The maximum absolute atomic E-state index is 14.0. The molecule has 0 aromatic heterocycles. The number of morpholine rings is 1. The average molecular weight is 580 g/mol. The van der Waals surface area contributed by atoms with E-state index in [2.05, 4.69) is 0 Å². The first-order valence-electron chi connectivity index (χ1n) is 12.2. The normalized spacial score (nSPS) is 23.1. The zero-order valence-corrected chi connectivity index (χ0v) is 23.2. The zero-order valence-electron chi connectivity index (χ0n) is 20.9. The molecule has 1 amide bonds. The molecule has 2 aromatic rings. The third kappa shape index (κ3) is 5.84. The average Bonchev–Trinajstić information content (AvgIpc) is 3.69. The number of carbonyl (C=O) groups excluding carboxylic acids is 1. The summed E-state index contributed by atoms with van der Waals surface area (Å²) in [5.41, 5.74) is 1.25. The first-order valence-corrected chi connectivity index (χ1v) is 14.6. The van der Waals surface area contributed by atoms with Gasteiger partial charge in [0.25, 0.3) is 5.91 Å². The summed E-state index contributed by atoms with van der Waals surface area (Å²) in [7, 11) is -3.98. The molecule has 1 aliphatic carbocycles. The van der Waals surface area contributed by atoms with Gasteiger partial charge in [0.1, 0.15) is 12.2 Å². The first-order chi connectivity index (χ1) is 17.8. The van der Waals surface area contributed by atoms with Crippen LogP contribution < -0.4 is 0 Å². The number of ether oxygens (including phenoxy) is 1. The van der Waals surface area contributed by atoms with E-state index in [-0.39, 0.29) is 5.92 Å². The van der Waals surface area contributed by atoms with E-state index < -0.39 is 62.9 Å². The van der Waals surface area contributed by atoms with E-state index in [1.807, 2.05) is 6.07 Å². The third-order valence-corrected chi connectivity index (χ3v) is 10.1. The number of carboxylic acids is 1. The van der Waals surface area contributed by atoms with Crippen molar-refractivity contribution in [3.8, 4) is 6.07 Å². The van der Waals surface area contributed by atoms with Gasteiger partial charge in [-0.05, 0) is 68.0 Å². The van der Waals surface area contributed by atoms with Gasteiger partial charge in [0.05, 0.1) is 24.3 Å². The summed E-state index contributed by atoms with van der Waals surface area (Å²) in [6.45, 7) is 2.68. The number of rotatable bonds is 9. The second-order valence-corrected chi connectivity index (χ2v) is 13.7. The number of nitriles is 1. The Bertz CT molecular complexity index is 1370. The van der Waals surface area contributed by atoms with E-state index in [4.69, 9.17) is 27.9 Å². The van der Waals surface area contributed by atoms with Gasteiger partial charge in [0, 0.05) is 16.1 Å². The molecule has 1 saturated carbocycles. The van der Waals surface area contributed by atoms with Gasteiger partial charge in [-0.1, -0.05) is 47.5 Å². The van der Waals surface area contributed by atoms with Crippen LogP contribution in [0.5, 0.6) is 0 Å². The van der Waals surface area contributed by atoms with Crippen LogP contribution in [-0.4, -0.2) is 52.9 Å². The van der Waals surface area contributed by atoms with Gasteiger partial charge in [-0.25, -0.2) is 8.42 Å². The minimum absolute atomic E-state index is 0.124. The van der Waals surface area contributed by atoms with Gasteiger partial charge in [-0.15, -0.1) is 0 Å². The van der Waals surface area contributed by atoms with Crippen molar-refractivity contribution in [2.75, 3.05) is 5.75 Å². The Balaban J connectivity index is 1.90. The van der Waals surface area contributed by atoms with Crippen LogP contribution in [0.1, 0.15) is 56.4 Å². The Morgan fingerprint density at radius 3 is 2.37 bits per heavy atom. The SMILES string of the molecule is CC(C)(C#N)S(=O)(=O)C[C@H](C1CC1)N1C(=O)[C@H](CC(=O)O)O[C@H](c2cccc(Cl)c2)[C@H]1c1ccc(Cl)cc1. The standard InChI is InChI=1S/C27H28Cl2N2O6S/c1-27(2,15-30)38(35,36)14-21(16-6-7-16)31-24(17-8-10-19(28)11-9-17)25(18-4-3-5-20(29)12-18)37-22(26(31)34)13-23(32)33/h3-5,8-12,16,21-22,24-25H,6-7,13-14H2,1-2H3,(H,32,33)/t21-,22+,24-,25-/m1/s1. The molecule has 1 saturated heterocycles. The summed E-state index contributed by atoms with van der Waals surface area (Å²) in [5.74, 6) is -2.38. The second-order valence-electron chi connectivity index (χ2n) is 10.2. The van der Waals surface area contributed by atoms with E-state index in [0.29, 0.717) is 34.0 Å². The molecule has 4 atom stereocenters. The topological polar surface area (TPSA) is 125 Å². The summed E-state index contributed by atoms with van der Waals surface area (Å²) in [5, 5.41) is 20.0. The summed E-state index contributed by atoms with van der Waals surface area (Å²) >= 11 is 12.4. The fraction of sp³-hybridized carbons (Fsp3) is 0.444. The number of carboxylic acid groups (broad SMARTS) is 1. The number of carbonyl (C=O) groups is 2. The van der Waals surface area contributed by atoms with Gasteiger partial charge in [-0.2, -0.15) is 5.26 Å². The molecule has 2 fully saturated rings. The summed E-state index contributed by atoms with van der Waals surface area (Å²) in [6.07, 6.45) is -1.36. The molecule has 1 N–H and O–H groups in total. The van der Waals surface area contributed by atoms with Gasteiger partial charge in [0.2, 0.25) is 0 Å². The lowest BCUT2D eigenvalue weighted by Crippen LogP contribution is -2.58. The molecule has 202 valence electrons. The Morgan fingerprint density at radius 2 is 1.82 bits per heavy atom. The molecule has 0 bridgehead atoms. The molecule has 1 heterocycles. The number of benzene rings is 2. The predicted octanol–water partition coefficient (Wildman–Crippen LogP) is 4.97. The number of sulfone groups is 1. The van der Waals surface area contributed by atoms with Crippen molar-refractivity contribution in [1.29, 1.82) is 5.26 Å². The smallest absolute Gasteiger partial charge is 0.306 e. The number of hydrogen-bond acceptors (Lipinski definition) is 6. The van der Waals surface area contributed by atoms with Gasteiger partial charge >= 0.3 is 5.97 Å². The summed E-state index contributed by atoms with van der Waals surface area (Å²) in [6, 6.07) is 14.0. The van der Waals surface area contributed by atoms with Crippen molar-refractivity contribution in [3.05, 3.63) is 69.7 Å². The van der Waals surface area contributed by atoms with Crippen molar-refractivity contribution in [1.82, 2.24) is 4.90 Å². The molecule has 2 aliphatic rings. The summed E-state index contributed by atoms with van der Waals surface area (Å²) in [4.78, 5) is 27.2. The lowest BCUT2D eigenvalue weighted by Gasteiger charge is -2.48. The largest absolute Gasteiger partial charge is 0.481 e. The van der Waals surface area contributed by atoms with Crippen LogP contribution in [0.4, 0.5) is 0 Å². The van der Waals surface area contributed by atoms with Crippen LogP contribution in [-0.2, 0) is 24.2 Å². The Labute approximate surface area is 232 Å². The highest BCUT2D eigenvalue weighted by atomic mass is 35.5. The minimum atomic E-state index is -3.98. The van der Waals surface area contributed by atoms with Crippen molar-refractivity contribution in [2.24, 2.45) is 5.92 Å². The van der Waals surface area contributed by atoms with Gasteiger partial charge in [0.15, 0.2) is 14.6 Å². The number of amides is 1. The molecule has 0 spiro atoms. The predicted molar refractivity (Wildman–Crippen MR) is 142 cm³/mol. The van der Waals surface area contributed by atoms with Crippen molar-refractivity contribution in [2.45, 2.75) is 62.1 Å². The number of hydrogen-bond donors (Lipinski definition) is 1. The third-order valence-electron chi connectivity index (χ3n) is 7.14. The first kappa shape index (κ1) is 28.4. The van der Waals surface area contributed by atoms with Crippen LogP contribution in [0.25, 0.3) is 0 Å². The lowest BCUT2D eigenvalue weighted by molar-refractivity contribution is -0.183. The number of halogens is 2. The minimum Gasteiger partial charge on any atom is -0.481 e. The van der Waals surface area contributed by atoms with E-state index in [1.165, 1.54) is 18.7 Å². The molecule has 4 rings (SSSR count). The van der Waals surface area contributed by atoms with E-state index in [9.17, 15) is 28.4 Å². The molecular weight excluding hydrogens is 551 g/mol. The molecule has 1 aliphatic heterocycles. The lowest BCUT2D eigenvalue weighted by atomic mass is 9.89. The van der Waals surface area contributed by atoms with Crippen molar-refractivity contribution in [3.63, 3.8) is 0 Å². The Hall–Kier alpha value is -2.64.